The number of nitrogens with two attached hydrogens (primary N) is 1. The van der Waals surface area contributed by atoms with E-state index < -0.39 is 10.8 Å². The Kier molecular flexibility index (Phi) is 4.44. The Morgan fingerprint density at radius 2 is 2.00 bits per heavy atom. The molecule has 2 aromatic carbocycles. The first-order valence-corrected chi connectivity index (χ1v) is 6.86. The lowest BCUT2D eigenvalue weighted by Crippen LogP contribution is -2.12. The van der Waals surface area contributed by atoms with Crippen LogP contribution in [0, 0.1) is 10.1 Å². The topological polar surface area (TPSA) is 98.3 Å². The predicted octanol–water partition coefficient (Wildman–Crippen LogP) is 3.85. The first kappa shape index (κ1) is 15.3. The summed E-state index contributed by atoms with van der Waals surface area (Å²) in [7, 11) is 0. The van der Waals surface area contributed by atoms with Gasteiger partial charge in [0.25, 0.3) is 11.6 Å². The van der Waals surface area contributed by atoms with E-state index in [-0.39, 0.29) is 5.69 Å². The average molecular weight is 371 g/mol. The van der Waals surface area contributed by atoms with Crippen LogP contribution in [0.4, 0.5) is 17.1 Å². The number of amides is 1. The van der Waals surface area contributed by atoms with Crippen LogP contribution in [0.2, 0.25) is 5.02 Å². The molecule has 0 bridgehead atoms. The van der Waals surface area contributed by atoms with Crippen molar-refractivity contribution in [2.75, 3.05) is 11.1 Å². The summed E-state index contributed by atoms with van der Waals surface area (Å²) in [5.74, 6) is -0.395. The molecule has 0 radical (unpaired) electrons. The molecular weight excluding hydrogens is 362 g/mol. The first-order chi connectivity index (χ1) is 9.88. The molecule has 0 unspecified atom stereocenters. The Hall–Kier alpha value is -2.12. The number of nitrogens with zero attached hydrogens (tertiary/aromatic N) is 1. The van der Waals surface area contributed by atoms with Gasteiger partial charge in [-0.3, -0.25) is 14.9 Å². The van der Waals surface area contributed by atoms with Crippen LogP contribution in [-0.2, 0) is 0 Å². The second-order valence-corrected chi connectivity index (χ2v) is 5.37. The number of hydrogen-bond donors (Lipinski definition) is 2. The number of rotatable bonds is 3. The molecule has 2 rings (SSSR count). The highest BCUT2D eigenvalue weighted by molar-refractivity contribution is 9.10. The maximum atomic E-state index is 12.1. The van der Waals surface area contributed by atoms with Gasteiger partial charge in [0.15, 0.2) is 0 Å². The molecule has 0 saturated carbocycles. The van der Waals surface area contributed by atoms with Gasteiger partial charge in [0.1, 0.15) is 0 Å². The molecule has 0 fully saturated rings. The minimum atomic E-state index is -0.518. The van der Waals surface area contributed by atoms with Gasteiger partial charge in [-0.05, 0) is 40.2 Å². The zero-order chi connectivity index (χ0) is 15.6. The van der Waals surface area contributed by atoms with Crippen molar-refractivity contribution in [1.29, 1.82) is 0 Å². The number of anilines is 2. The lowest BCUT2D eigenvalue weighted by atomic mass is 10.2. The Labute approximate surface area is 133 Å². The number of carbonyl (C=O) groups is 1. The highest BCUT2D eigenvalue weighted by atomic mass is 79.9. The fourth-order valence-electron chi connectivity index (χ4n) is 1.60. The lowest BCUT2D eigenvalue weighted by molar-refractivity contribution is -0.384. The quantitative estimate of drug-likeness (QED) is 0.487. The van der Waals surface area contributed by atoms with Crippen LogP contribution < -0.4 is 11.1 Å². The maximum Gasteiger partial charge on any atom is 0.270 e. The summed E-state index contributed by atoms with van der Waals surface area (Å²) in [6, 6.07) is 8.57. The summed E-state index contributed by atoms with van der Waals surface area (Å²) in [5.41, 5.74) is 6.61. The maximum absolute atomic E-state index is 12.1. The first-order valence-electron chi connectivity index (χ1n) is 5.69. The SMILES string of the molecule is Nc1cc(C(=O)Nc2ccc([N+](=O)[O-])cc2Br)ccc1Cl. The number of nitrogen functional groups attached to an aromatic ring is 1. The predicted molar refractivity (Wildman–Crippen MR) is 84.6 cm³/mol. The van der Waals surface area contributed by atoms with Crippen LogP contribution in [0.5, 0.6) is 0 Å². The molecule has 0 atom stereocenters. The van der Waals surface area contributed by atoms with Gasteiger partial charge in [0.2, 0.25) is 0 Å². The number of halogens is 2. The number of nitro benzene ring substituents is 1. The van der Waals surface area contributed by atoms with Crippen molar-refractivity contribution in [3.8, 4) is 0 Å². The highest BCUT2D eigenvalue weighted by Crippen LogP contribution is 2.28. The number of nitro groups is 1. The van der Waals surface area contributed by atoms with Gasteiger partial charge >= 0.3 is 0 Å². The zero-order valence-electron chi connectivity index (χ0n) is 10.5. The second-order valence-electron chi connectivity index (χ2n) is 4.11. The van der Waals surface area contributed by atoms with Crippen molar-refractivity contribution in [2.24, 2.45) is 0 Å². The zero-order valence-corrected chi connectivity index (χ0v) is 12.8. The molecule has 108 valence electrons. The fourth-order valence-corrected chi connectivity index (χ4v) is 2.18. The van der Waals surface area contributed by atoms with E-state index in [0.29, 0.717) is 26.4 Å². The van der Waals surface area contributed by atoms with Crippen LogP contribution in [0.1, 0.15) is 10.4 Å². The van der Waals surface area contributed by atoms with E-state index in [2.05, 4.69) is 21.2 Å². The van der Waals surface area contributed by atoms with E-state index in [1.807, 2.05) is 0 Å². The smallest absolute Gasteiger partial charge is 0.270 e. The number of benzene rings is 2. The molecule has 0 aliphatic carbocycles. The van der Waals surface area contributed by atoms with Crippen LogP contribution in [0.3, 0.4) is 0 Å². The molecule has 21 heavy (non-hydrogen) atoms. The van der Waals surface area contributed by atoms with E-state index in [1.54, 1.807) is 0 Å². The normalized spacial score (nSPS) is 10.2. The number of nitrogens with one attached hydrogen (secondary N) is 1. The Morgan fingerprint density at radius 3 is 2.57 bits per heavy atom. The second kappa shape index (κ2) is 6.11. The number of carbonyl (C=O) groups excluding carboxylic acids is 1. The van der Waals surface area contributed by atoms with Crippen molar-refractivity contribution >= 4 is 50.5 Å². The van der Waals surface area contributed by atoms with E-state index in [9.17, 15) is 14.9 Å². The van der Waals surface area contributed by atoms with Crippen molar-refractivity contribution < 1.29 is 9.72 Å². The van der Waals surface area contributed by atoms with Gasteiger partial charge in [-0.25, -0.2) is 0 Å². The molecule has 0 aromatic heterocycles. The van der Waals surface area contributed by atoms with Crippen molar-refractivity contribution in [3.63, 3.8) is 0 Å². The standard InChI is InChI=1S/C13H9BrClN3O3/c14-9-6-8(18(20)21)2-4-12(9)17-13(19)7-1-3-10(15)11(16)5-7/h1-6H,16H2,(H,17,19). The van der Waals surface area contributed by atoms with Gasteiger partial charge in [0, 0.05) is 22.2 Å². The molecule has 1 amide bonds. The summed E-state index contributed by atoms with van der Waals surface area (Å²) in [6.07, 6.45) is 0. The molecule has 0 aliphatic rings. The van der Waals surface area contributed by atoms with Crippen LogP contribution >= 0.6 is 27.5 Å². The average Bonchev–Trinajstić information content (AvgIpc) is 2.43. The van der Waals surface area contributed by atoms with Gasteiger partial charge in [-0.2, -0.15) is 0 Å². The van der Waals surface area contributed by atoms with Gasteiger partial charge in [-0.1, -0.05) is 11.6 Å². The molecule has 3 N–H and O–H groups in total. The summed E-state index contributed by atoms with van der Waals surface area (Å²) in [6.45, 7) is 0. The third-order valence-corrected chi connectivity index (χ3v) is 3.67. The molecule has 8 heteroatoms. The van der Waals surface area contributed by atoms with Crippen LogP contribution in [0.25, 0.3) is 0 Å². The highest BCUT2D eigenvalue weighted by Gasteiger charge is 2.13. The third kappa shape index (κ3) is 3.50. The molecular formula is C13H9BrClN3O3. The van der Waals surface area contributed by atoms with Gasteiger partial charge in [0.05, 0.1) is 21.3 Å². The summed E-state index contributed by atoms with van der Waals surface area (Å²) < 4.78 is 0.409. The van der Waals surface area contributed by atoms with Crippen LogP contribution in [0.15, 0.2) is 40.9 Å². The van der Waals surface area contributed by atoms with Crippen molar-refractivity contribution in [3.05, 3.63) is 61.6 Å². The molecule has 2 aromatic rings. The van der Waals surface area contributed by atoms with E-state index >= 15 is 0 Å². The lowest BCUT2D eigenvalue weighted by Gasteiger charge is -2.08. The molecule has 0 aliphatic heterocycles. The summed E-state index contributed by atoms with van der Waals surface area (Å²) in [4.78, 5) is 22.2. The van der Waals surface area contributed by atoms with E-state index in [0.717, 1.165) is 0 Å². The van der Waals surface area contributed by atoms with Gasteiger partial charge in [-0.15, -0.1) is 0 Å². The molecule has 6 nitrogen and oxygen atoms in total. The monoisotopic (exact) mass is 369 g/mol. The third-order valence-electron chi connectivity index (χ3n) is 2.67. The van der Waals surface area contributed by atoms with Gasteiger partial charge < -0.3 is 11.1 Å². The summed E-state index contributed by atoms with van der Waals surface area (Å²) >= 11 is 8.97. The van der Waals surface area contributed by atoms with Crippen LogP contribution in [-0.4, -0.2) is 10.8 Å². The minimum Gasteiger partial charge on any atom is -0.398 e. The van der Waals surface area contributed by atoms with E-state index in [1.165, 1.54) is 36.4 Å². The molecule has 0 spiro atoms. The molecule has 0 heterocycles. The minimum absolute atomic E-state index is 0.0735. The summed E-state index contributed by atoms with van der Waals surface area (Å²) in [5, 5.41) is 13.6. The van der Waals surface area contributed by atoms with Crippen molar-refractivity contribution in [2.45, 2.75) is 0 Å². The van der Waals surface area contributed by atoms with E-state index in [4.69, 9.17) is 17.3 Å². The number of non-ortho nitro benzene ring substituents is 1. The largest absolute Gasteiger partial charge is 0.398 e. The Morgan fingerprint density at radius 1 is 1.29 bits per heavy atom. The fraction of sp³-hybridized carbons (Fsp3) is 0. The van der Waals surface area contributed by atoms with Crippen molar-refractivity contribution in [1.82, 2.24) is 0 Å². The Balaban J connectivity index is 2.23. The number of hydrogen-bond acceptors (Lipinski definition) is 4. The molecule has 0 saturated heterocycles. The Bertz CT molecular complexity index is 737.